The SMILES string of the molecule is CN1C(=O)c2ccc(N=Nc3ccc(N(C)C)cc3)cc2C1=O. The van der Waals surface area contributed by atoms with Crippen molar-refractivity contribution in [2.24, 2.45) is 10.2 Å². The number of fused-ring (bicyclic) bond motifs is 1. The van der Waals surface area contributed by atoms with E-state index in [1.807, 2.05) is 43.3 Å². The number of hydrogen-bond acceptors (Lipinski definition) is 5. The highest BCUT2D eigenvalue weighted by atomic mass is 16.2. The average molecular weight is 308 g/mol. The Morgan fingerprint density at radius 1 is 0.826 bits per heavy atom. The Labute approximate surface area is 134 Å². The second kappa shape index (κ2) is 5.64. The fourth-order valence-corrected chi connectivity index (χ4v) is 2.34. The van der Waals surface area contributed by atoms with E-state index in [4.69, 9.17) is 0 Å². The van der Waals surface area contributed by atoms with Gasteiger partial charge in [-0.1, -0.05) is 0 Å². The molecule has 116 valence electrons. The Morgan fingerprint density at radius 2 is 1.39 bits per heavy atom. The number of carbonyl (C=O) groups is 2. The topological polar surface area (TPSA) is 65.3 Å². The molecule has 23 heavy (non-hydrogen) atoms. The number of hydrogen-bond donors (Lipinski definition) is 0. The van der Waals surface area contributed by atoms with E-state index in [9.17, 15) is 9.59 Å². The van der Waals surface area contributed by atoms with Crippen LogP contribution in [0.4, 0.5) is 17.1 Å². The minimum absolute atomic E-state index is 0.284. The van der Waals surface area contributed by atoms with E-state index < -0.39 is 0 Å². The summed E-state index contributed by atoms with van der Waals surface area (Å²) in [7, 11) is 5.41. The van der Waals surface area contributed by atoms with Crippen molar-refractivity contribution in [3.63, 3.8) is 0 Å². The smallest absolute Gasteiger partial charge is 0.261 e. The average Bonchev–Trinajstić information content (AvgIpc) is 2.77. The molecule has 0 aromatic heterocycles. The first kappa shape index (κ1) is 14.9. The standard InChI is InChI=1S/C17H16N4O2/c1-20(2)13-7-4-11(5-8-13)18-19-12-6-9-14-15(10-12)17(23)21(3)16(14)22/h4-10H,1-3H3. The van der Waals surface area contributed by atoms with Gasteiger partial charge in [-0.2, -0.15) is 10.2 Å². The minimum atomic E-state index is -0.308. The maximum Gasteiger partial charge on any atom is 0.261 e. The molecule has 0 unspecified atom stereocenters. The van der Waals surface area contributed by atoms with Crippen molar-refractivity contribution < 1.29 is 9.59 Å². The van der Waals surface area contributed by atoms with Crippen LogP contribution in [0.3, 0.4) is 0 Å². The van der Waals surface area contributed by atoms with Crippen LogP contribution in [-0.4, -0.2) is 37.9 Å². The van der Waals surface area contributed by atoms with Crippen LogP contribution in [-0.2, 0) is 0 Å². The Hall–Kier alpha value is -3.02. The molecule has 6 nitrogen and oxygen atoms in total. The fraction of sp³-hybridized carbons (Fsp3) is 0.176. The number of benzene rings is 2. The van der Waals surface area contributed by atoms with E-state index in [0.717, 1.165) is 16.3 Å². The van der Waals surface area contributed by atoms with Gasteiger partial charge in [0.15, 0.2) is 0 Å². The maximum absolute atomic E-state index is 12.0. The number of carbonyl (C=O) groups excluding carboxylic acids is 2. The zero-order chi connectivity index (χ0) is 16.6. The molecule has 6 heteroatoms. The van der Waals surface area contributed by atoms with E-state index in [2.05, 4.69) is 10.2 Å². The van der Waals surface area contributed by atoms with Gasteiger partial charge in [0.1, 0.15) is 0 Å². The van der Waals surface area contributed by atoms with Crippen molar-refractivity contribution in [1.29, 1.82) is 0 Å². The lowest BCUT2D eigenvalue weighted by molar-refractivity contribution is 0.0693. The zero-order valence-electron chi connectivity index (χ0n) is 13.1. The first-order chi connectivity index (χ1) is 11.0. The van der Waals surface area contributed by atoms with E-state index in [1.165, 1.54) is 7.05 Å². The van der Waals surface area contributed by atoms with Crippen molar-refractivity contribution in [3.05, 3.63) is 53.6 Å². The Morgan fingerprint density at radius 3 is 2.04 bits per heavy atom. The molecule has 0 radical (unpaired) electrons. The molecule has 2 amide bonds. The van der Waals surface area contributed by atoms with Crippen molar-refractivity contribution in [1.82, 2.24) is 4.90 Å². The van der Waals surface area contributed by atoms with Gasteiger partial charge in [0.2, 0.25) is 0 Å². The normalized spacial score (nSPS) is 13.8. The molecule has 3 rings (SSSR count). The zero-order valence-corrected chi connectivity index (χ0v) is 13.1. The number of azo groups is 1. The third-order valence-electron chi connectivity index (χ3n) is 3.72. The molecule has 0 atom stereocenters. The summed E-state index contributed by atoms with van der Waals surface area (Å²) in [6.07, 6.45) is 0. The molecule has 0 saturated heterocycles. The van der Waals surface area contributed by atoms with Crippen molar-refractivity contribution >= 4 is 28.9 Å². The third-order valence-corrected chi connectivity index (χ3v) is 3.72. The minimum Gasteiger partial charge on any atom is -0.378 e. The van der Waals surface area contributed by atoms with Crippen LogP contribution in [0.25, 0.3) is 0 Å². The van der Waals surface area contributed by atoms with Crippen LogP contribution in [0.1, 0.15) is 20.7 Å². The summed E-state index contributed by atoms with van der Waals surface area (Å²) in [6, 6.07) is 12.5. The highest BCUT2D eigenvalue weighted by Gasteiger charge is 2.32. The third kappa shape index (κ3) is 2.70. The highest BCUT2D eigenvalue weighted by molar-refractivity contribution is 6.21. The second-order valence-electron chi connectivity index (χ2n) is 5.51. The molecule has 0 bridgehead atoms. The molecule has 0 aliphatic carbocycles. The quantitative estimate of drug-likeness (QED) is 0.645. The van der Waals surface area contributed by atoms with Crippen LogP contribution in [0, 0.1) is 0 Å². The van der Waals surface area contributed by atoms with Crippen LogP contribution < -0.4 is 4.90 Å². The van der Waals surface area contributed by atoms with Crippen LogP contribution >= 0.6 is 0 Å². The molecule has 0 fully saturated rings. The maximum atomic E-state index is 12.0. The monoisotopic (exact) mass is 308 g/mol. The first-order valence-electron chi connectivity index (χ1n) is 7.13. The highest BCUT2D eigenvalue weighted by Crippen LogP contribution is 2.27. The van der Waals surface area contributed by atoms with Gasteiger partial charge in [0, 0.05) is 26.8 Å². The van der Waals surface area contributed by atoms with Gasteiger partial charge in [0.05, 0.1) is 22.5 Å². The second-order valence-corrected chi connectivity index (χ2v) is 5.51. The van der Waals surface area contributed by atoms with E-state index in [0.29, 0.717) is 16.8 Å². The molecule has 1 heterocycles. The summed E-state index contributed by atoms with van der Waals surface area (Å²) >= 11 is 0. The molecule has 1 aliphatic rings. The number of amides is 2. The largest absolute Gasteiger partial charge is 0.378 e. The summed E-state index contributed by atoms with van der Waals surface area (Å²) in [5, 5.41) is 8.30. The van der Waals surface area contributed by atoms with Crippen LogP contribution in [0.2, 0.25) is 0 Å². The summed E-state index contributed by atoms with van der Waals surface area (Å²) in [5.41, 5.74) is 3.12. The van der Waals surface area contributed by atoms with Gasteiger partial charge >= 0.3 is 0 Å². The summed E-state index contributed by atoms with van der Waals surface area (Å²) in [6.45, 7) is 0. The first-order valence-corrected chi connectivity index (χ1v) is 7.13. The lowest BCUT2D eigenvalue weighted by Gasteiger charge is -2.11. The molecule has 1 aliphatic heterocycles. The van der Waals surface area contributed by atoms with E-state index in [1.54, 1.807) is 18.2 Å². The molecule has 2 aromatic rings. The van der Waals surface area contributed by atoms with Gasteiger partial charge in [-0.3, -0.25) is 14.5 Å². The summed E-state index contributed by atoms with van der Waals surface area (Å²) in [5.74, 6) is -0.592. The number of imide groups is 1. The fourth-order valence-electron chi connectivity index (χ4n) is 2.34. The van der Waals surface area contributed by atoms with Gasteiger partial charge in [-0.15, -0.1) is 0 Å². The molecule has 0 spiro atoms. The number of anilines is 1. The van der Waals surface area contributed by atoms with Gasteiger partial charge in [-0.05, 0) is 42.5 Å². The lowest BCUT2D eigenvalue weighted by Crippen LogP contribution is -2.24. The van der Waals surface area contributed by atoms with Gasteiger partial charge < -0.3 is 4.90 Å². The predicted octanol–water partition coefficient (Wildman–Crippen LogP) is 3.39. The molecule has 0 saturated carbocycles. The van der Waals surface area contributed by atoms with Crippen molar-refractivity contribution in [2.45, 2.75) is 0 Å². The lowest BCUT2D eigenvalue weighted by atomic mass is 10.1. The Balaban J connectivity index is 1.84. The molecular formula is C17H16N4O2. The number of rotatable bonds is 3. The Kier molecular flexibility index (Phi) is 3.65. The van der Waals surface area contributed by atoms with Crippen molar-refractivity contribution in [2.75, 3.05) is 26.0 Å². The summed E-state index contributed by atoms with van der Waals surface area (Å²) in [4.78, 5) is 26.9. The van der Waals surface area contributed by atoms with E-state index >= 15 is 0 Å². The van der Waals surface area contributed by atoms with Gasteiger partial charge in [-0.25, -0.2) is 0 Å². The molecule has 2 aromatic carbocycles. The molecule has 0 N–H and O–H groups in total. The predicted molar refractivity (Wildman–Crippen MR) is 87.8 cm³/mol. The summed E-state index contributed by atoms with van der Waals surface area (Å²) < 4.78 is 0. The van der Waals surface area contributed by atoms with Crippen LogP contribution in [0.15, 0.2) is 52.7 Å². The molecular weight excluding hydrogens is 292 g/mol. The van der Waals surface area contributed by atoms with Gasteiger partial charge in [0.25, 0.3) is 11.8 Å². The Bertz CT molecular complexity index is 810. The van der Waals surface area contributed by atoms with Crippen LogP contribution in [0.5, 0.6) is 0 Å². The van der Waals surface area contributed by atoms with E-state index in [-0.39, 0.29) is 11.8 Å². The van der Waals surface area contributed by atoms with Crippen molar-refractivity contribution in [3.8, 4) is 0 Å². The number of nitrogens with zero attached hydrogens (tertiary/aromatic N) is 4.